The van der Waals surface area contributed by atoms with Gasteiger partial charge < -0.3 is 4.57 Å². The zero-order valence-corrected chi connectivity index (χ0v) is 11.1. The Labute approximate surface area is 106 Å². The number of nitrogens with zero attached hydrogens (tertiary/aromatic N) is 4. The molecular formula is C13H18N4O. The number of carbonyl (C=O) groups is 1. The summed E-state index contributed by atoms with van der Waals surface area (Å²) in [5.41, 5.74) is 0.700. The van der Waals surface area contributed by atoms with Crippen LogP contribution in [0.15, 0.2) is 18.3 Å². The van der Waals surface area contributed by atoms with Crippen molar-refractivity contribution < 1.29 is 4.79 Å². The highest BCUT2D eigenvalue weighted by Crippen LogP contribution is 2.06. The summed E-state index contributed by atoms with van der Waals surface area (Å²) in [6, 6.07) is 3.69. The second-order valence-corrected chi connectivity index (χ2v) is 4.24. The van der Waals surface area contributed by atoms with Crippen molar-refractivity contribution in [2.75, 3.05) is 0 Å². The number of rotatable bonds is 5. The molecular weight excluding hydrogens is 228 g/mol. The molecule has 0 fully saturated rings. The fraction of sp³-hybridized carbons (Fsp3) is 0.462. The van der Waals surface area contributed by atoms with Gasteiger partial charge in [-0.1, -0.05) is 13.8 Å². The average Bonchev–Trinajstić information content (AvgIpc) is 2.95. The molecule has 2 heterocycles. The highest BCUT2D eigenvalue weighted by Gasteiger charge is 2.14. The summed E-state index contributed by atoms with van der Waals surface area (Å²) in [6.45, 7) is 4.29. The van der Waals surface area contributed by atoms with E-state index in [2.05, 4.69) is 10.1 Å². The lowest BCUT2D eigenvalue weighted by molar-refractivity contribution is 0.0958. The van der Waals surface area contributed by atoms with E-state index in [1.807, 2.05) is 43.8 Å². The molecule has 0 radical (unpaired) electrons. The zero-order valence-electron chi connectivity index (χ0n) is 11.1. The normalized spacial score (nSPS) is 10.8. The lowest BCUT2D eigenvalue weighted by Gasteiger charge is -2.04. The smallest absolute Gasteiger partial charge is 0.200 e. The molecule has 2 aromatic rings. The minimum absolute atomic E-state index is 0.0600. The van der Waals surface area contributed by atoms with E-state index in [-0.39, 0.29) is 12.3 Å². The van der Waals surface area contributed by atoms with Gasteiger partial charge in [0.05, 0.1) is 5.69 Å². The Morgan fingerprint density at radius 2 is 2.11 bits per heavy atom. The minimum Gasteiger partial charge on any atom is -0.348 e. The van der Waals surface area contributed by atoms with E-state index in [4.69, 9.17) is 0 Å². The van der Waals surface area contributed by atoms with E-state index in [0.717, 1.165) is 24.5 Å². The maximum absolute atomic E-state index is 12.2. The third-order valence-electron chi connectivity index (χ3n) is 2.95. The van der Waals surface area contributed by atoms with Gasteiger partial charge in [-0.3, -0.25) is 4.79 Å². The SMILES string of the molecule is CCc1nc(CC)n(CC(=O)c2cccn2C)n1. The van der Waals surface area contributed by atoms with Crippen molar-refractivity contribution in [2.45, 2.75) is 33.2 Å². The van der Waals surface area contributed by atoms with Gasteiger partial charge in [0, 0.05) is 26.1 Å². The molecule has 2 aromatic heterocycles. The lowest BCUT2D eigenvalue weighted by atomic mass is 10.3. The Hall–Kier alpha value is -1.91. The summed E-state index contributed by atoms with van der Waals surface area (Å²) in [4.78, 5) is 16.5. The van der Waals surface area contributed by atoms with Crippen molar-refractivity contribution in [1.29, 1.82) is 0 Å². The Morgan fingerprint density at radius 3 is 2.67 bits per heavy atom. The quantitative estimate of drug-likeness (QED) is 0.753. The van der Waals surface area contributed by atoms with Crippen molar-refractivity contribution in [3.8, 4) is 0 Å². The molecule has 96 valence electrons. The molecule has 5 heteroatoms. The van der Waals surface area contributed by atoms with E-state index in [9.17, 15) is 4.79 Å². The van der Waals surface area contributed by atoms with Gasteiger partial charge in [-0.05, 0) is 12.1 Å². The number of carbonyl (C=O) groups excluding carboxylic acids is 1. The maximum Gasteiger partial charge on any atom is 0.200 e. The summed E-state index contributed by atoms with van der Waals surface area (Å²) in [5.74, 6) is 1.73. The highest BCUT2D eigenvalue weighted by atomic mass is 16.1. The molecule has 0 atom stereocenters. The summed E-state index contributed by atoms with van der Waals surface area (Å²) in [6.07, 6.45) is 3.44. The molecule has 0 saturated heterocycles. The number of aromatic nitrogens is 4. The monoisotopic (exact) mass is 246 g/mol. The summed E-state index contributed by atoms with van der Waals surface area (Å²) >= 11 is 0. The van der Waals surface area contributed by atoms with Crippen LogP contribution < -0.4 is 0 Å². The molecule has 0 N–H and O–H groups in total. The molecule has 18 heavy (non-hydrogen) atoms. The molecule has 0 saturated carbocycles. The number of Topliss-reactive ketones (excluding diaryl/α,β-unsaturated/α-hetero) is 1. The van der Waals surface area contributed by atoms with Crippen molar-refractivity contribution in [3.05, 3.63) is 35.7 Å². The first-order chi connectivity index (χ1) is 8.65. The second kappa shape index (κ2) is 5.16. The number of ketones is 1. The predicted molar refractivity (Wildman–Crippen MR) is 68.5 cm³/mol. The van der Waals surface area contributed by atoms with Crippen molar-refractivity contribution in [1.82, 2.24) is 19.3 Å². The third-order valence-corrected chi connectivity index (χ3v) is 2.95. The highest BCUT2D eigenvalue weighted by molar-refractivity contribution is 5.94. The molecule has 0 unspecified atom stereocenters. The first-order valence-corrected chi connectivity index (χ1v) is 6.22. The molecule has 2 rings (SSSR count). The number of aryl methyl sites for hydroxylation is 3. The third kappa shape index (κ3) is 2.34. The predicted octanol–water partition coefficient (Wildman–Crippen LogP) is 1.62. The van der Waals surface area contributed by atoms with E-state index in [0.29, 0.717) is 5.69 Å². The van der Waals surface area contributed by atoms with Crippen LogP contribution in [0.1, 0.15) is 36.0 Å². The summed E-state index contributed by atoms with van der Waals surface area (Å²) in [7, 11) is 1.87. The maximum atomic E-state index is 12.2. The lowest BCUT2D eigenvalue weighted by Crippen LogP contribution is -2.16. The molecule has 0 aliphatic rings. The van der Waals surface area contributed by atoms with Crippen LogP contribution in [0.25, 0.3) is 0 Å². The van der Waals surface area contributed by atoms with E-state index >= 15 is 0 Å². The van der Waals surface area contributed by atoms with Crippen LogP contribution in [0.4, 0.5) is 0 Å². The molecule has 5 nitrogen and oxygen atoms in total. The van der Waals surface area contributed by atoms with Gasteiger partial charge in [0.2, 0.25) is 5.78 Å². The zero-order chi connectivity index (χ0) is 13.1. The minimum atomic E-state index is 0.0600. The molecule has 0 aliphatic heterocycles. The second-order valence-electron chi connectivity index (χ2n) is 4.24. The molecule has 0 spiro atoms. The number of hydrogen-bond acceptors (Lipinski definition) is 3. The van der Waals surface area contributed by atoms with Crippen LogP contribution in [0, 0.1) is 0 Å². The number of hydrogen-bond donors (Lipinski definition) is 0. The van der Waals surface area contributed by atoms with Gasteiger partial charge in [0.1, 0.15) is 12.4 Å². The van der Waals surface area contributed by atoms with Gasteiger partial charge >= 0.3 is 0 Å². The van der Waals surface area contributed by atoms with E-state index < -0.39 is 0 Å². The van der Waals surface area contributed by atoms with Crippen LogP contribution in [0.2, 0.25) is 0 Å². The average molecular weight is 246 g/mol. The Bertz CT molecular complexity index is 553. The summed E-state index contributed by atoms with van der Waals surface area (Å²) < 4.78 is 3.54. The van der Waals surface area contributed by atoms with Gasteiger partial charge in [-0.25, -0.2) is 9.67 Å². The van der Waals surface area contributed by atoms with E-state index in [1.165, 1.54) is 0 Å². The fourth-order valence-corrected chi connectivity index (χ4v) is 1.93. The summed E-state index contributed by atoms with van der Waals surface area (Å²) in [5, 5.41) is 4.35. The molecule has 0 bridgehead atoms. The molecule has 0 aromatic carbocycles. The largest absolute Gasteiger partial charge is 0.348 e. The first-order valence-electron chi connectivity index (χ1n) is 6.22. The van der Waals surface area contributed by atoms with Crippen LogP contribution in [0.3, 0.4) is 0 Å². The van der Waals surface area contributed by atoms with Crippen LogP contribution in [0.5, 0.6) is 0 Å². The fourth-order valence-electron chi connectivity index (χ4n) is 1.93. The Kier molecular flexibility index (Phi) is 3.60. The Balaban J connectivity index is 2.21. The van der Waals surface area contributed by atoms with Gasteiger partial charge in [-0.15, -0.1) is 0 Å². The van der Waals surface area contributed by atoms with Crippen LogP contribution in [-0.4, -0.2) is 25.1 Å². The van der Waals surface area contributed by atoms with Crippen molar-refractivity contribution >= 4 is 5.78 Å². The molecule has 0 aliphatic carbocycles. The van der Waals surface area contributed by atoms with Crippen molar-refractivity contribution in [2.24, 2.45) is 7.05 Å². The molecule has 0 amide bonds. The van der Waals surface area contributed by atoms with Gasteiger partial charge in [0.25, 0.3) is 0 Å². The van der Waals surface area contributed by atoms with Crippen LogP contribution >= 0.6 is 0 Å². The topological polar surface area (TPSA) is 52.7 Å². The standard InChI is InChI=1S/C13H18N4O/c1-4-12-14-13(5-2)17(15-12)9-11(18)10-7-6-8-16(10)3/h6-8H,4-5,9H2,1-3H3. The van der Waals surface area contributed by atoms with Gasteiger partial charge in [-0.2, -0.15) is 5.10 Å². The van der Waals surface area contributed by atoms with Crippen LogP contribution in [-0.2, 0) is 26.4 Å². The first kappa shape index (κ1) is 12.5. The van der Waals surface area contributed by atoms with E-state index in [1.54, 1.807) is 4.68 Å². The van der Waals surface area contributed by atoms with Crippen molar-refractivity contribution in [3.63, 3.8) is 0 Å². The van der Waals surface area contributed by atoms with Gasteiger partial charge in [0.15, 0.2) is 5.82 Å². The Morgan fingerprint density at radius 1 is 1.33 bits per heavy atom.